The van der Waals surface area contributed by atoms with E-state index in [0.717, 1.165) is 46.6 Å². The van der Waals surface area contributed by atoms with Crippen LogP contribution in [0, 0.1) is 6.92 Å². The van der Waals surface area contributed by atoms with E-state index in [-0.39, 0.29) is 0 Å². The van der Waals surface area contributed by atoms with E-state index in [1.54, 1.807) is 6.33 Å². The van der Waals surface area contributed by atoms with Gasteiger partial charge in [-0.15, -0.1) is 0 Å². The highest BCUT2D eigenvalue weighted by molar-refractivity contribution is 9.10. The van der Waals surface area contributed by atoms with Crippen molar-refractivity contribution in [2.75, 3.05) is 11.9 Å². The molecule has 0 saturated heterocycles. The minimum atomic E-state index is 0.629. The number of nitrogens with one attached hydrogen (secondary N) is 1. The van der Waals surface area contributed by atoms with Gasteiger partial charge in [0, 0.05) is 11.0 Å². The van der Waals surface area contributed by atoms with Crippen molar-refractivity contribution in [1.82, 2.24) is 9.97 Å². The van der Waals surface area contributed by atoms with Crippen LogP contribution >= 0.6 is 15.9 Å². The van der Waals surface area contributed by atoms with Gasteiger partial charge in [0.05, 0.1) is 5.56 Å². The molecule has 5 heteroatoms. The monoisotopic (exact) mass is 349 g/mol. The Morgan fingerprint density at radius 3 is 2.76 bits per heavy atom. The predicted molar refractivity (Wildman–Crippen MR) is 89.1 cm³/mol. The number of anilines is 1. The molecule has 4 nitrogen and oxygen atoms in total. The van der Waals surface area contributed by atoms with E-state index in [4.69, 9.17) is 4.74 Å². The Balaban J connectivity index is 2.38. The maximum absolute atomic E-state index is 6.04. The molecule has 0 aliphatic heterocycles. The summed E-state index contributed by atoms with van der Waals surface area (Å²) in [5.74, 6) is 2.30. The lowest BCUT2D eigenvalue weighted by molar-refractivity contribution is 0.451. The number of nitrogens with zero attached hydrogens (tertiary/aromatic N) is 2. The van der Waals surface area contributed by atoms with Crippen LogP contribution in [0.2, 0.25) is 0 Å². The maximum Gasteiger partial charge on any atom is 0.227 e. The summed E-state index contributed by atoms with van der Waals surface area (Å²) in [6.07, 6.45) is 3.44. The molecule has 0 saturated carbocycles. The molecule has 0 bridgehead atoms. The highest BCUT2D eigenvalue weighted by Crippen LogP contribution is 2.31. The standard InChI is InChI=1S/C16H20BrN3O/c1-4-6-13-15(18-5-2)19-10-20-16(13)21-14-9-12(17)8-7-11(14)3/h7-10H,4-6H2,1-3H3,(H,18,19,20). The van der Waals surface area contributed by atoms with E-state index < -0.39 is 0 Å². The van der Waals surface area contributed by atoms with Gasteiger partial charge in [0.25, 0.3) is 0 Å². The second-order valence-electron chi connectivity index (χ2n) is 4.80. The van der Waals surface area contributed by atoms with Gasteiger partial charge < -0.3 is 10.1 Å². The van der Waals surface area contributed by atoms with Gasteiger partial charge in [-0.05, 0) is 38.0 Å². The summed E-state index contributed by atoms with van der Waals surface area (Å²) in [6.45, 7) is 7.03. The van der Waals surface area contributed by atoms with Crippen molar-refractivity contribution in [2.45, 2.75) is 33.6 Å². The molecule has 0 spiro atoms. The molecular weight excluding hydrogens is 330 g/mol. The van der Waals surface area contributed by atoms with E-state index >= 15 is 0 Å². The summed E-state index contributed by atoms with van der Waals surface area (Å²) in [7, 11) is 0. The molecule has 0 radical (unpaired) electrons. The lowest BCUT2D eigenvalue weighted by Gasteiger charge is -2.14. The number of halogens is 1. The molecule has 2 aromatic rings. The maximum atomic E-state index is 6.04. The third-order valence-electron chi connectivity index (χ3n) is 3.11. The molecule has 0 atom stereocenters. The van der Waals surface area contributed by atoms with Gasteiger partial charge in [0.15, 0.2) is 0 Å². The first-order valence-corrected chi connectivity index (χ1v) is 7.96. The fraction of sp³-hybridized carbons (Fsp3) is 0.375. The van der Waals surface area contributed by atoms with Crippen molar-refractivity contribution in [2.24, 2.45) is 0 Å². The number of aromatic nitrogens is 2. The Morgan fingerprint density at radius 1 is 1.24 bits per heavy atom. The fourth-order valence-electron chi connectivity index (χ4n) is 2.07. The van der Waals surface area contributed by atoms with E-state index in [2.05, 4.69) is 45.1 Å². The average molecular weight is 350 g/mol. The topological polar surface area (TPSA) is 47.0 Å². The molecule has 112 valence electrons. The van der Waals surface area contributed by atoms with Gasteiger partial charge in [-0.25, -0.2) is 9.97 Å². The summed E-state index contributed by atoms with van der Waals surface area (Å²) >= 11 is 3.47. The molecule has 0 aliphatic carbocycles. The highest BCUT2D eigenvalue weighted by atomic mass is 79.9. The van der Waals surface area contributed by atoms with Crippen LogP contribution in [-0.2, 0) is 6.42 Å². The van der Waals surface area contributed by atoms with Crippen molar-refractivity contribution in [3.63, 3.8) is 0 Å². The first-order chi connectivity index (χ1) is 10.2. The van der Waals surface area contributed by atoms with Gasteiger partial charge in [-0.1, -0.05) is 35.3 Å². The van der Waals surface area contributed by atoms with Gasteiger partial charge in [-0.2, -0.15) is 0 Å². The quantitative estimate of drug-likeness (QED) is 0.819. The van der Waals surface area contributed by atoms with Crippen LogP contribution in [0.1, 0.15) is 31.4 Å². The third kappa shape index (κ3) is 3.94. The normalized spacial score (nSPS) is 10.5. The Kier molecular flexibility index (Phi) is 5.56. The van der Waals surface area contributed by atoms with Crippen LogP contribution in [0.25, 0.3) is 0 Å². The van der Waals surface area contributed by atoms with E-state index in [9.17, 15) is 0 Å². The van der Waals surface area contributed by atoms with Gasteiger partial charge in [0.2, 0.25) is 5.88 Å². The Bertz CT molecular complexity index is 616. The first-order valence-electron chi connectivity index (χ1n) is 7.17. The molecule has 1 N–H and O–H groups in total. The van der Waals surface area contributed by atoms with Crippen LogP contribution in [0.3, 0.4) is 0 Å². The lowest BCUT2D eigenvalue weighted by atomic mass is 10.1. The summed E-state index contributed by atoms with van der Waals surface area (Å²) in [5.41, 5.74) is 2.10. The third-order valence-corrected chi connectivity index (χ3v) is 3.60. The molecule has 1 aromatic heterocycles. The Labute approximate surface area is 134 Å². The molecule has 0 unspecified atom stereocenters. The zero-order valence-electron chi connectivity index (χ0n) is 12.6. The minimum Gasteiger partial charge on any atom is -0.438 e. The smallest absolute Gasteiger partial charge is 0.227 e. The summed E-state index contributed by atoms with van der Waals surface area (Å²) in [5, 5.41) is 3.27. The van der Waals surface area contributed by atoms with Crippen molar-refractivity contribution >= 4 is 21.7 Å². The average Bonchev–Trinajstić information content (AvgIpc) is 2.46. The lowest BCUT2D eigenvalue weighted by Crippen LogP contribution is -2.06. The second-order valence-corrected chi connectivity index (χ2v) is 5.71. The largest absolute Gasteiger partial charge is 0.438 e. The van der Waals surface area contributed by atoms with Crippen LogP contribution in [-0.4, -0.2) is 16.5 Å². The number of benzene rings is 1. The minimum absolute atomic E-state index is 0.629. The molecule has 0 aliphatic rings. The zero-order valence-corrected chi connectivity index (χ0v) is 14.2. The predicted octanol–water partition coefficient (Wildman–Crippen LogP) is 4.72. The molecule has 1 aromatic carbocycles. The summed E-state index contributed by atoms with van der Waals surface area (Å²) < 4.78 is 7.03. The van der Waals surface area contributed by atoms with Crippen molar-refractivity contribution in [3.8, 4) is 11.6 Å². The first kappa shape index (κ1) is 15.8. The molecule has 0 amide bonds. The van der Waals surface area contributed by atoms with Crippen LogP contribution < -0.4 is 10.1 Å². The van der Waals surface area contributed by atoms with Gasteiger partial charge in [0.1, 0.15) is 17.9 Å². The van der Waals surface area contributed by atoms with Crippen LogP contribution in [0.15, 0.2) is 29.0 Å². The molecular formula is C16H20BrN3O. The second kappa shape index (κ2) is 7.41. The number of aryl methyl sites for hydroxylation is 1. The number of ether oxygens (including phenoxy) is 1. The molecule has 0 fully saturated rings. The zero-order chi connectivity index (χ0) is 15.2. The number of rotatable bonds is 6. The summed E-state index contributed by atoms with van der Waals surface area (Å²) in [4.78, 5) is 8.64. The highest BCUT2D eigenvalue weighted by Gasteiger charge is 2.13. The fourth-order valence-corrected chi connectivity index (χ4v) is 2.41. The van der Waals surface area contributed by atoms with Crippen molar-refractivity contribution in [1.29, 1.82) is 0 Å². The van der Waals surface area contributed by atoms with E-state index in [0.29, 0.717) is 5.88 Å². The van der Waals surface area contributed by atoms with Crippen molar-refractivity contribution < 1.29 is 4.74 Å². The molecule has 1 heterocycles. The van der Waals surface area contributed by atoms with E-state index in [1.165, 1.54) is 0 Å². The van der Waals surface area contributed by atoms with Crippen molar-refractivity contribution in [3.05, 3.63) is 40.1 Å². The Morgan fingerprint density at radius 2 is 2.05 bits per heavy atom. The van der Waals surface area contributed by atoms with Crippen LogP contribution in [0.5, 0.6) is 11.6 Å². The van der Waals surface area contributed by atoms with Gasteiger partial charge >= 0.3 is 0 Å². The van der Waals surface area contributed by atoms with Crippen LogP contribution in [0.4, 0.5) is 5.82 Å². The summed E-state index contributed by atoms with van der Waals surface area (Å²) in [6, 6.07) is 5.98. The SMILES string of the molecule is CCCc1c(NCC)ncnc1Oc1cc(Br)ccc1C. The Hall–Kier alpha value is -1.62. The number of hydrogen-bond acceptors (Lipinski definition) is 4. The molecule has 21 heavy (non-hydrogen) atoms. The number of hydrogen-bond donors (Lipinski definition) is 1. The van der Waals surface area contributed by atoms with Gasteiger partial charge in [-0.3, -0.25) is 0 Å². The molecule has 2 rings (SSSR count). The van der Waals surface area contributed by atoms with E-state index in [1.807, 2.05) is 25.1 Å².